The Kier molecular flexibility index (Phi) is 5.66. The van der Waals surface area contributed by atoms with Gasteiger partial charge in [-0.15, -0.1) is 0 Å². The summed E-state index contributed by atoms with van der Waals surface area (Å²) >= 11 is 4.15. The van der Waals surface area contributed by atoms with Crippen LogP contribution >= 0.6 is 12.6 Å². The highest BCUT2D eigenvalue weighted by Crippen LogP contribution is 2.04. The number of thiol groups is 1. The highest BCUT2D eigenvalue weighted by atomic mass is 32.1. The molecule has 0 radical (unpaired) electrons. The van der Waals surface area contributed by atoms with Crippen LogP contribution in [0.1, 0.15) is 19.8 Å². The Morgan fingerprint density at radius 3 is 2.62 bits per heavy atom. The highest BCUT2D eigenvalue weighted by molar-refractivity contribution is 7.80. The summed E-state index contributed by atoms with van der Waals surface area (Å²) in [4.78, 5) is 0. The van der Waals surface area contributed by atoms with Crippen LogP contribution in [0, 0.1) is 5.92 Å². The van der Waals surface area contributed by atoms with Gasteiger partial charge in [0, 0.05) is 0 Å². The normalized spacial score (nSPS) is 13.9. The first-order chi connectivity index (χ1) is 3.81. The summed E-state index contributed by atoms with van der Waals surface area (Å²) in [5.74, 6) is 1.72. The molecule has 0 aromatic heterocycles. The fraction of sp³-hybridized carbons (Fsp3) is 1.00. The average molecular weight is 133 g/mol. The Labute approximate surface area is 57.1 Å². The van der Waals surface area contributed by atoms with Crippen molar-refractivity contribution in [1.29, 1.82) is 0 Å². The van der Waals surface area contributed by atoms with Gasteiger partial charge in [-0.1, -0.05) is 6.92 Å². The fourth-order valence-corrected chi connectivity index (χ4v) is 0.740. The molecule has 0 fully saturated rings. The molecule has 1 nitrogen and oxygen atoms in total. The minimum atomic E-state index is 0.738. The maximum absolute atomic E-state index is 5.31. The van der Waals surface area contributed by atoms with Gasteiger partial charge < -0.3 is 5.73 Å². The van der Waals surface area contributed by atoms with E-state index in [0.29, 0.717) is 0 Å². The van der Waals surface area contributed by atoms with Crippen molar-refractivity contribution in [3.63, 3.8) is 0 Å². The van der Waals surface area contributed by atoms with Gasteiger partial charge in [-0.3, -0.25) is 0 Å². The lowest BCUT2D eigenvalue weighted by Crippen LogP contribution is -2.03. The Bertz CT molecular complexity index is 47.8. The van der Waals surface area contributed by atoms with E-state index >= 15 is 0 Å². The Morgan fingerprint density at radius 2 is 2.25 bits per heavy atom. The fourth-order valence-electron chi connectivity index (χ4n) is 0.558. The number of rotatable bonds is 4. The van der Waals surface area contributed by atoms with Crippen molar-refractivity contribution in [3.05, 3.63) is 0 Å². The van der Waals surface area contributed by atoms with Crippen molar-refractivity contribution in [2.75, 3.05) is 12.3 Å². The monoisotopic (exact) mass is 133 g/mol. The van der Waals surface area contributed by atoms with Crippen LogP contribution in [0.2, 0.25) is 0 Å². The number of nitrogens with two attached hydrogens (primary N) is 1. The Morgan fingerprint density at radius 1 is 1.62 bits per heavy atom. The SMILES string of the molecule is C[C@@H](CS)CCCN. The minimum absolute atomic E-state index is 0.738. The summed E-state index contributed by atoms with van der Waals surface area (Å²) in [6, 6.07) is 0. The van der Waals surface area contributed by atoms with E-state index in [9.17, 15) is 0 Å². The van der Waals surface area contributed by atoms with Gasteiger partial charge in [-0.25, -0.2) is 0 Å². The first-order valence-electron chi connectivity index (χ1n) is 3.12. The third-order valence-electron chi connectivity index (χ3n) is 1.21. The van der Waals surface area contributed by atoms with Crippen molar-refractivity contribution < 1.29 is 0 Å². The van der Waals surface area contributed by atoms with Crippen LogP contribution in [0.3, 0.4) is 0 Å². The zero-order valence-electron chi connectivity index (χ0n) is 5.43. The van der Waals surface area contributed by atoms with Crippen LogP contribution in [0.25, 0.3) is 0 Å². The van der Waals surface area contributed by atoms with Crippen molar-refractivity contribution in [3.8, 4) is 0 Å². The van der Waals surface area contributed by atoms with E-state index in [0.717, 1.165) is 24.6 Å². The van der Waals surface area contributed by atoms with E-state index in [1.54, 1.807) is 0 Å². The maximum Gasteiger partial charge on any atom is -0.00721 e. The molecule has 0 rings (SSSR count). The summed E-state index contributed by atoms with van der Waals surface area (Å²) in [7, 11) is 0. The third-order valence-corrected chi connectivity index (χ3v) is 1.84. The highest BCUT2D eigenvalue weighted by Gasteiger charge is 1.95. The predicted molar refractivity (Wildman–Crippen MR) is 41.3 cm³/mol. The molecule has 0 saturated carbocycles. The molecule has 0 heterocycles. The van der Waals surface area contributed by atoms with Gasteiger partial charge in [0.25, 0.3) is 0 Å². The Hall–Kier alpha value is 0.310. The summed E-state index contributed by atoms with van der Waals surface area (Å²) in [6.45, 7) is 3.01. The molecule has 0 aliphatic heterocycles. The van der Waals surface area contributed by atoms with Crippen LogP contribution < -0.4 is 5.73 Å². The summed E-state index contributed by atoms with van der Waals surface area (Å²) in [5.41, 5.74) is 5.31. The van der Waals surface area contributed by atoms with Crippen LogP contribution in [0.5, 0.6) is 0 Å². The minimum Gasteiger partial charge on any atom is -0.330 e. The maximum atomic E-state index is 5.31. The summed E-state index contributed by atoms with van der Waals surface area (Å²) in [5, 5.41) is 0. The lowest BCUT2D eigenvalue weighted by molar-refractivity contribution is 0.570. The molecule has 0 amide bonds. The molecule has 1 atom stereocenters. The molecule has 50 valence electrons. The second-order valence-electron chi connectivity index (χ2n) is 2.22. The average Bonchev–Trinajstić information content (AvgIpc) is 1.83. The lowest BCUT2D eigenvalue weighted by atomic mass is 10.1. The molecule has 0 unspecified atom stereocenters. The molecule has 0 aromatic rings. The second kappa shape index (κ2) is 5.45. The summed E-state index contributed by atoms with van der Waals surface area (Å²) in [6.07, 6.45) is 2.36. The second-order valence-corrected chi connectivity index (χ2v) is 2.58. The van der Waals surface area contributed by atoms with Gasteiger partial charge in [0.2, 0.25) is 0 Å². The van der Waals surface area contributed by atoms with Crippen LogP contribution in [0.4, 0.5) is 0 Å². The molecular weight excluding hydrogens is 118 g/mol. The van der Waals surface area contributed by atoms with E-state index in [1.165, 1.54) is 6.42 Å². The number of hydrogen-bond donors (Lipinski definition) is 2. The molecule has 2 N–H and O–H groups in total. The van der Waals surface area contributed by atoms with Crippen LogP contribution in [-0.4, -0.2) is 12.3 Å². The topological polar surface area (TPSA) is 26.0 Å². The van der Waals surface area contributed by atoms with Gasteiger partial charge >= 0.3 is 0 Å². The zero-order chi connectivity index (χ0) is 6.41. The standard InChI is InChI=1S/C6H15NS/c1-6(5-8)3-2-4-7/h6,8H,2-5,7H2,1H3/t6-/m1/s1. The van der Waals surface area contributed by atoms with Gasteiger partial charge in [-0.05, 0) is 31.1 Å². The molecule has 0 saturated heterocycles. The van der Waals surface area contributed by atoms with E-state index in [4.69, 9.17) is 5.73 Å². The predicted octanol–water partition coefficient (Wildman–Crippen LogP) is 1.29. The first-order valence-corrected chi connectivity index (χ1v) is 3.75. The zero-order valence-corrected chi connectivity index (χ0v) is 6.32. The van der Waals surface area contributed by atoms with Gasteiger partial charge in [0.1, 0.15) is 0 Å². The molecule has 0 aliphatic carbocycles. The molecular formula is C6H15NS. The smallest absolute Gasteiger partial charge is 0.00721 e. The first kappa shape index (κ1) is 8.31. The molecule has 0 bridgehead atoms. The van der Waals surface area contributed by atoms with E-state index in [2.05, 4.69) is 19.6 Å². The van der Waals surface area contributed by atoms with E-state index in [1.807, 2.05) is 0 Å². The van der Waals surface area contributed by atoms with E-state index in [-0.39, 0.29) is 0 Å². The van der Waals surface area contributed by atoms with E-state index < -0.39 is 0 Å². The molecule has 2 heteroatoms. The van der Waals surface area contributed by atoms with Crippen LogP contribution in [-0.2, 0) is 0 Å². The van der Waals surface area contributed by atoms with Gasteiger partial charge in [-0.2, -0.15) is 12.6 Å². The summed E-state index contributed by atoms with van der Waals surface area (Å²) < 4.78 is 0. The molecule has 0 aliphatic rings. The van der Waals surface area contributed by atoms with Crippen LogP contribution in [0.15, 0.2) is 0 Å². The van der Waals surface area contributed by atoms with Gasteiger partial charge in [0.15, 0.2) is 0 Å². The molecule has 8 heavy (non-hydrogen) atoms. The molecule has 0 aromatic carbocycles. The van der Waals surface area contributed by atoms with Gasteiger partial charge in [0.05, 0.1) is 0 Å². The largest absolute Gasteiger partial charge is 0.330 e. The van der Waals surface area contributed by atoms with Crippen molar-refractivity contribution in [2.24, 2.45) is 11.7 Å². The number of hydrogen-bond acceptors (Lipinski definition) is 2. The van der Waals surface area contributed by atoms with Crippen molar-refractivity contribution in [2.45, 2.75) is 19.8 Å². The van der Waals surface area contributed by atoms with Crippen molar-refractivity contribution >= 4 is 12.6 Å². The lowest BCUT2D eigenvalue weighted by Gasteiger charge is -2.03. The Balaban J connectivity index is 2.86. The third kappa shape index (κ3) is 4.47. The van der Waals surface area contributed by atoms with Crippen molar-refractivity contribution in [1.82, 2.24) is 0 Å². The molecule has 0 spiro atoms. The quantitative estimate of drug-likeness (QED) is 0.555.